The Hall–Kier alpha value is -1.28. The molecule has 1 amide bonds. The summed E-state index contributed by atoms with van der Waals surface area (Å²) in [6, 6.07) is 8.37. The van der Waals surface area contributed by atoms with Gasteiger partial charge in [-0.25, -0.2) is 0 Å². The largest absolute Gasteiger partial charge is 0.480 e. The number of carbonyl (C=O) groups excluding carboxylic acids is 1. The Morgan fingerprint density at radius 2 is 1.92 bits per heavy atom. The van der Waals surface area contributed by atoms with E-state index in [4.69, 9.17) is 5.11 Å². The minimum Gasteiger partial charge on any atom is -0.480 e. The molecule has 0 spiro atoms. The number of anilines is 1. The maximum Gasteiger partial charge on any atom is 0.317 e. The molecule has 6 nitrogen and oxygen atoms in total. The fourth-order valence-electron chi connectivity index (χ4n) is 3.57. The zero-order chi connectivity index (χ0) is 17.8. The molecule has 144 valence electrons. The summed E-state index contributed by atoms with van der Waals surface area (Å²) >= 11 is 1.80. The SMILES string of the molecule is CN(CC(=O)O)C1CCN(CC(=O)N2CCSc3ccccc32)CC1.Cl. The molecule has 2 aliphatic heterocycles. The van der Waals surface area contributed by atoms with Crippen molar-refractivity contribution in [3.63, 3.8) is 0 Å². The van der Waals surface area contributed by atoms with Crippen LogP contribution in [0.2, 0.25) is 0 Å². The normalized spacial score (nSPS) is 18.3. The number of hydrogen-bond donors (Lipinski definition) is 1. The molecule has 1 aromatic rings. The highest BCUT2D eigenvalue weighted by atomic mass is 35.5. The van der Waals surface area contributed by atoms with Gasteiger partial charge < -0.3 is 10.0 Å². The summed E-state index contributed by atoms with van der Waals surface area (Å²) in [5, 5.41) is 8.91. The van der Waals surface area contributed by atoms with E-state index in [1.54, 1.807) is 11.8 Å². The first-order valence-corrected chi connectivity index (χ1v) is 9.69. The van der Waals surface area contributed by atoms with Gasteiger partial charge in [-0.3, -0.25) is 19.4 Å². The summed E-state index contributed by atoms with van der Waals surface area (Å²) < 4.78 is 0. The predicted octanol–water partition coefficient (Wildman–Crippen LogP) is 2.03. The maximum atomic E-state index is 12.8. The molecule has 0 unspecified atom stereocenters. The number of likely N-dealkylation sites (N-methyl/N-ethyl adjacent to an activating group) is 1. The van der Waals surface area contributed by atoms with Gasteiger partial charge in [0, 0.05) is 36.3 Å². The number of carboxylic acids is 1. The lowest BCUT2D eigenvalue weighted by Gasteiger charge is -2.37. The second-order valence-corrected chi connectivity index (χ2v) is 7.81. The van der Waals surface area contributed by atoms with Crippen LogP contribution >= 0.6 is 24.2 Å². The molecule has 3 rings (SSSR count). The Balaban J connectivity index is 0.00000243. The molecule has 1 fully saturated rings. The highest BCUT2D eigenvalue weighted by molar-refractivity contribution is 7.99. The van der Waals surface area contributed by atoms with Gasteiger partial charge in [0.05, 0.1) is 18.8 Å². The molecule has 2 heterocycles. The van der Waals surface area contributed by atoms with Gasteiger partial charge in [0.25, 0.3) is 0 Å². The molecule has 1 N–H and O–H groups in total. The van der Waals surface area contributed by atoms with Gasteiger partial charge in [-0.1, -0.05) is 12.1 Å². The first-order chi connectivity index (χ1) is 12.0. The van der Waals surface area contributed by atoms with Crippen LogP contribution in [0.25, 0.3) is 0 Å². The molecule has 2 aliphatic rings. The number of carboxylic acid groups (broad SMARTS) is 1. The number of piperidine rings is 1. The number of likely N-dealkylation sites (tertiary alicyclic amines) is 1. The summed E-state index contributed by atoms with van der Waals surface area (Å²) in [5.41, 5.74) is 1.03. The average molecular weight is 400 g/mol. The van der Waals surface area contributed by atoms with Crippen molar-refractivity contribution in [3.05, 3.63) is 24.3 Å². The quantitative estimate of drug-likeness (QED) is 0.817. The summed E-state index contributed by atoms with van der Waals surface area (Å²) in [4.78, 5) is 30.8. The number of benzene rings is 1. The molecule has 0 radical (unpaired) electrons. The number of fused-ring (bicyclic) bond motifs is 1. The van der Waals surface area contributed by atoms with Crippen molar-refractivity contribution >= 4 is 41.7 Å². The van der Waals surface area contributed by atoms with E-state index in [2.05, 4.69) is 11.0 Å². The van der Waals surface area contributed by atoms with Crippen LogP contribution in [0.3, 0.4) is 0 Å². The van der Waals surface area contributed by atoms with Crippen LogP contribution in [0.1, 0.15) is 12.8 Å². The zero-order valence-corrected chi connectivity index (χ0v) is 16.6. The lowest BCUT2D eigenvalue weighted by atomic mass is 10.0. The van der Waals surface area contributed by atoms with Crippen LogP contribution in [0.5, 0.6) is 0 Å². The van der Waals surface area contributed by atoms with E-state index in [9.17, 15) is 9.59 Å². The molecule has 0 aliphatic carbocycles. The molecular weight excluding hydrogens is 374 g/mol. The summed E-state index contributed by atoms with van der Waals surface area (Å²) in [7, 11) is 1.86. The molecule has 26 heavy (non-hydrogen) atoms. The van der Waals surface area contributed by atoms with Crippen LogP contribution in [0, 0.1) is 0 Å². The molecular formula is C18H26ClN3O3S. The highest BCUT2D eigenvalue weighted by Crippen LogP contribution is 2.34. The number of rotatable bonds is 5. The molecule has 1 saturated heterocycles. The van der Waals surface area contributed by atoms with Crippen molar-refractivity contribution in [3.8, 4) is 0 Å². The minimum absolute atomic E-state index is 0. The Morgan fingerprint density at radius 1 is 1.23 bits per heavy atom. The van der Waals surface area contributed by atoms with Crippen LogP contribution in [0.15, 0.2) is 29.2 Å². The Labute approximate surface area is 164 Å². The predicted molar refractivity (Wildman–Crippen MR) is 106 cm³/mol. The van der Waals surface area contributed by atoms with Crippen LogP contribution in [-0.2, 0) is 9.59 Å². The van der Waals surface area contributed by atoms with Crippen molar-refractivity contribution in [2.75, 3.05) is 50.4 Å². The Bertz CT molecular complexity index is 638. The van der Waals surface area contributed by atoms with E-state index in [1.165, 1.54) is 4.90 Å². The van der Waals surface area contributed by atoms with Gasteiger partial charge in [0.15, 0.2) is 0 Å². The smallest absolute Gasteiger partial charge is 0.317 e. The van der Waals surface area contributed by atoms with Crippen molar-refractivity contribution in [2.45, 2.75) is 23.8 Å². The molecule has 1 aromatic carbocycles. The van der Waals surface area contributed by atoms with Gasteiger partial charge in [-0.05, 0) is 32.0 Å². The van der Waals surface area contributed by atoms with Gasteiger partial charge in [-0.2, -0.15) is 0 Å². The molecule has 0 bridgehead atoms. The van der Waals surface area contributed by atoms with Crippen molar-refractivity contribution in [2.24, 2.45) is 0 Å². The van der Waals surface area contributed by atoms with Crippen LogP contribution < -0.4 is 4.90 Å². The number of carbonyl (C=O) groups is 2. The van der Waals surface area contributed by atoms with E-state index < -0.39 is 5.97 Å². The molecule has 0 atom stereocenters. The van der Waals surface area contributed by atoms with Crippen molar-refractivity contribution in [1.82, 2.24) is 9.80 Å². The summed E-state index contributed by atoms with van der Waals surface area (Å²) in [6.45, 7) is 2.95. The second kappa shape index (κ2) is 9.60. The van der Waals surface area contributed by atoms with E-state index in [-0.39, 0.29) is 30.9 Å². The van der Waals surface area contributed by atoms with E-state index in [0.717, 1.165) is 43.9 Å². The van der Waals surface area contributed by atoms with E-state index in [1.807, 2.05) is 35.0 Å². The van der Waals surface area contributed by atoms with Gasteiger partial charge >= 0.3 is 5.97 Å². The fraction of sp³-hybridized carbons (Fsp3) is 0.556. The lowest BCUT2D eigenvalue weighted by molar-refractivity contribution is -0.138. The number of halogens is 1. The third-order valence-electron chi connectivity index (χ3n) is 4.95. The summed E-state index contributed by atoms with van der Waals surface area (Å²) in [5.74, 6) is 0.303. The van der Waals surface area contributed by atoms with Crippen molar-refractivity contribution in [1.29, 1.82) is 0 Å². The summed E-state index contributed by atoms with van der Waals surface area (Å²) in [6.07, 6.45) is 1.81. The topological polar surface area (TPSA) is 64.1 Å². The monoisotopic (exact) mass is 399 g/mol. The number of para-hydroxylation sites is 1. The fourth-order valence-corrected chi connectivity index (χ4v) is 4.56. The van der Waals surface area contributed by atoms with E-state index in [0.29, 0.717) is 6.54 Å². The third kappa shape index (κ3) is 5.13. The number of nitrogens with zero attached hydrogens (tertiary/aromatic N) is 3. The zero-order valence-electron chi connectivity index (χ0n) is 15.0. The molecule has 0 aromatic heterocycles. The highest BCUT2D eigenvalue weighted by Gasteiger charge is 2.28. The van der Waals surface area contributed by atoms with Gasteiger partial charge in [-0.15, -0.1) is 24.2 Å². The minimum atomic E-state index is -0.790. The maximum absolute atomic E-state index is 12.8. The first kappa shape index (κ1) is 21.0. The first-order valence-electron chi connectivity index (χ1n) is 8.71. The van der Waals surface area contributed by atoms with Gasteiger partial charge in [0.1, 0.15) is 0 Å². The molecule has 8 heteroatoms. The standard InChI is InChI=1S/C18H25N3O3S.ClH/c1-19(13-18(23)24)14-6-8-20(9-7-14)12-17(22)21-10-11-25-16-5-3-2-4-15(16)21;/h2-5,14H,6-13H2,1H3,(H,23,24);1H. The Morgan fingerprint density at radius 3 is 2.62 bits per heavy atom. The Kier molecular flexibility index (Phi) is 7.76. The number of aliphatic carboxylic acids is 1. The van der Waals surface area contributed by atoms with Crippen molar-refractivity contribution < 1.29 is 14.7 Å². The van der Waals surface area contributed by atoms with E-state index >= 15 is 0 Å². The van der Waals surface area contributed by atoms with Crippen LogP contribution in [0.4, 0.5) is 5.69 Å². The second-order valence-electron chi connectivity index (χ2n) is 6.68. The third-order valence-corrected chi connectivity index (χ3v) is 6.00. The number of thioether (sulfide) groups is 1. The molecule has 0 saturated carbocycles. The average Bonchev–Trinajstić information content (AvgIpc) is 2.61. The number of amides is 1. The lowest BCUT2D eigenvalue weighted by Crippen LogP contribution is -2.48. The number of hydrogen-bond acceptors (Lipinski definition) is 5. The van der Waals surface area contributed by atoms with Gasteiger partial charge in [0.2, 0.25) is 5.91 Å². The van der Waals surface area contributed by atoms with Crippen LogP contribution in [-0.4, -0.2) is 78.3 Å².